The van der Waals surface area contributed by atoms with Gasteiger partial charge in [0.05, 0.1) is 18.7 Å². The van der Waals surface area contributed by atoms with Crippen LogP contribution in [0.5, 0.6) is 0 Å². The first-order chi connectivity index (χ1) is 31.2. The van der Waals surface area contributed by atoms with Crippen molar-refractivity contribution in [3.8, 4) is 0 Å². The van der Waals surface area contributed by atoms with Gasteiger partial charge in [-0.2, -0.15) is 0 Å². The molecule has 0 unspecified atom stereocenters. The van der Waals surface area contributed by atoms with Crippen molar-refractivity contribution >= 4 is 53.3 Å². The SMILES string of the molecule is C[C@H](NC(=O)[C@H](Cc1cnc[nH]1)NC(=O)[C@@H]1CCCN1C(=O)[C@H](Cc1cnc[nH]1)NC(=O)[C@@H]1CCCN1C(=O)[C@@H]1CCCN1C(=O)[C@@H]1CCCN1)C(=O)N[C@@H](CCCN=C(N)N)C(=O)O. The maximum Gasteiger partial charge on any atom is 0.326 e. The summed E-state index contributed by atoms with van der Waals surface area (Å²) >= 11 is 0. The number of nitrogens with zero attached hydrogens (tertiary/aromatic N) is 6. The van der Waals surface area contributed by atoms with Crippen LogP contribution in [0.2, 0.25) is 0 Å². The van der Waals surface area contributed by atoms with Gasteiger partial charge >= 0.3 is 5.97 Å². The number of hydrogen-bond acceptors (Lipinski definition) is 12. The lowest BCUT2D eigenvalue weighted by Gasteiger charge is -2.33. The minimum atomic E-state index is -1.29. The number of carboxylic acid groups (broad SMARTS) is 1. The molecule has 2 aromatic heterocycles. The number of imidazole rings is 2. The molecular formula is C41H61N15O9. The highest BCUT2D eigenvalue weighted by atomic mass is 16.4. The number of aromatic nitrogens is 4. The molecule has 4 saturated heterocycles. The standard InChI is InChI=1S/C41H61N15O9/c1-23(33(57)51-27(40(64)65)8-3-13-47-41(42)43)50-34(58)28(17-24-19-44-21-48-24)52-35(59)30-9-4-14-54(30)38(62)29(18-25-20-45-22-49-25)53-36(60)31-10-5-15-55(31)39(63)32-11-6-16-56(32)37(61)26-7-2-12-46-26/h19-23,26-32,46H,2-18H2,1H3,(H,44,48)(H,45,49)(H,50,58)(H,51,57)(H,52,59)(H,53,60)(H,64,65)(H4,42,43,47)/t23-,26-,27-,28-,29-,30-,31-,32-/m0/s1. The number of aliphatic imine (C=N–C) groups is 1. The van der Waals surface area contributed by atoms with Crippen molar-refractivity contribution in [3.05, 3.63) is 36.4 Å². The molecule has 354 valence electrons. The molecule has 6 rings (SSSR count). The molecule has 4 aliphatic rings. The fourth-order valence-electron chi connectivity index (χ4n) is 9.00. The van der Waals surface area contributed by atoms with E-state index in [0.29, 0.717) is 63.0 Å². The summed E-state index contributed by atoms with van der Waals surface area (Å²) in [5.74, 6) is -5.10. The van der Waals surface area contributed by atoms with Crippen molar-refractivity contribution < 1.29 is 43.5 Å². The van der Waals surface area contributed by atoms with Gasteiger partial charge in [0.1, 0.15) is 42.3 Å². The summed E-state index contributed by atoms with van der Waals surface area (Å²) in [5, 5.41) is 23.5. The summed E-state index contributed by atoms with van der Waals surface area (Å²) in [4.78, 5) is 131. The Morgan fingerprint density at radius 2 is 1.29 bits per heavy atom. The number of H-pyrrole nitrogens is 2. The number of hydrogen-bond donors (Lipinski definition) is 10. The van der Waals surface area contributed by atoms with Crippen molar-refractivity contribution in [3.63, 3.8) is 0 Å². The first kappa shape index (κ1) is 47.9. The number of carbonyl (C=O) groups excluding carboxylic acids is 7. The molecular weight excluding hydrogens is 847 g/mol. The van der Waals surface area contributed by atoms with E-state index in [0.717, 1.165) is 13.0 Å². The number of guanidine groups is 1. The molecule has 4 fully saturated rings. The van der Waals surface area contributed by atoms with E-state index in [1.807, 2.05) is 0 Å². The van der Waals surface area contributed by atoms with E-state index < -0.39 is 77.8 Å². The van der Waals surface area contributed by atoms with Gasteiger partial charge < -0.3 is 67.8 Å². The van der Waals surface area contributed by atoms with Crippen LogP contribution in [0.3, 0.4) is 0 Å². The number of aromatic amines is 2. The third kappa shape index (κ3) is 12.4. The average molecular weight is 908 g/mol. The molecule has 0 radical (unpaired) electrons. The van der Waals surface area contributed by atoms with Crippen molar-refractivity contribution in [2.75, 3.05) is 32.7 Å². The van der Waals surface area contributed by atoms with E-state index in [-0.39, 0.29) is 69.0 Å². The number of carboxylic acids is 1. The summed E-state index contributed by atoms with van der Waals surface area (Å²) in [7, 11) is 0. The third-order valence-electron chi connectivity index (χ3n) is 12.4. The second-order valence-corrected chi connectivity index (χ2v) is 17.0. The number of amides is 7. The highest BCUT2D eigenvalue weighted by molar-refractivity contribution is 5.98. The van der Waals surface area contributed by atoms with Gasteiger partial charge in [0, 0.05) is 62.8 Å². The lowest BCUT2D eigenvalue weighted by molar-refractivity contribution is -0.148. The molecule has 0 bridgehead atoms. The van der Waals surface area contributed by atoms with Gasteiger partial charge in [0.2, 0.25) is 41.4 Å². The van der Waals surface area contributed by atoms with Gasteiger partial charge in [-0.1, -0.05) is 0 Å². The van der Waals surface area contributed by atoms with Gasteiger partial charge in [0.25, 0.3) is 0 Å². The monoisotopic (exact) mass is 907 g/mol. The predicted octanol–water partition coefficient (Wildman–Crippen LogP) is -3.26. The fraction of sp³-hybridized carbons (Fsp3) is 0.634. The second-order valence-electron chi connectivity index (χ2n) is 17.0. The number of aliphatic carboxylic acids is 1. The van der Waals surface area contributed by atoms with Crippen LogP contribution in [0.1, 0.15) is 82.5 Å². The minimum absolute atomic E-state index is 0.000811. The maximum absolute atomic E-state index is 14.5. The molecule has 0 aromatic carbocycles. The number of nitrogens with two attached hydrogens (primary N) is 2. The Labute approximate surface area is 375 Å². The predicted molar refractivity (Wildman–Crippen MR) is 231 cm³/mol. The number of carbonyl (C=O) groups is 8. The smallest absolute Gasteiger partial charge is 0.326 e. The van der Waals surface area contributed by atoms with Crippen LogP contribution in [-0.4, -0.2) is 174 Å². The zero-order valence-electron chi connectivity index (χ0n) is 36.5. The zero-order chi connectivity index (χ0) is 46.6. The van der Waals surface area contributed by atoms with Gasteiger partial charge in [0.15, 0.2) is 5.96 Å². The molecule has 0 aliphatic carbocycles. The van der Waals surface area contributed by atoms with Gasteiger partial charge in [-0.05, 0) is 77.7 Å². The van der Waals surface area contributed by atoms with Crippen LogP contribution >= 0.6 is 0 Å². The van der Waals surface area contributed by atoms with E-state index in [4.69, 9.17) is 11.5 Å². The van der Waals surface area contributed by atoms with Crippen molar-refractivity contribution in [1.82, 2.24) is 61.2 Å². The Balaban J connectivity index is 1.11. The molecule has 0 spiro atoms. The normalized spacial score (nSPS) is 22.4. The molecule has 8 atom stereocenters. The van der Waals surface area contributed by atoms with E-state index in [1.165, 1.54) is 41.8 Å². The molecule has 12 N–H and O–H groups in total. The molecule has 7 amide bonds. The van der Waals surface area contributed by atoms with Gasteiger partial charge in [-0.3, -0.25) is 38.6 Å². The summed E-state index contributed by atoms with van der Waals surface area (Å²) in [5.41, 5.74) is 11.7. The molecule has 4 aliphatic heterocycles. The van der Waals surface area contributed by atoms with E-state index in [1.54, 1.807) is 4.90 Å². The first-order valence-electron chi connectivity index (χ1n) is 22.3. The van der Waals surface area contributed by atoms with Crippen LogP contribution in [0, 0.1) is 0 Å². The first-order valence-corrected chi connectivity index (χ1v) is 22.3. The Morgan fingerprint density at radius 3 is 1.86 bits per heavy atom. The van der Waals surface area contributed by atoms with Crippen molar-refractivity contribution in [1.29, 1.82) is 0 Å². The molecule has 24 nitrogen and oxygen atoms in total. The number of rotatable bonds is 20. The van der Waals surface area contributed by atoms with E-state index in [9.17, 15) is 43.5 Å². The summed E-state index contributed by atoms with van der Waals surface area (Å²) in [6.45, 7) is 3.23. The summed E-state index contributed by atoms with van der Waals surface area (Å²) in [6.07, 6.45) is 10.4. The molecule has 6 heterocycles. The third-order valence-corrected chi connectivity index (χ3v) is 12.4. The number of nitrogens with one attached hydrogen (secondary N) is 7. The lowest BCUT2D eigenvalue weighted by Crippen LogP contribution is -2.60. The van der Waals surface area contributed by atoms with Crippen LogP contribution in [0.4, 0.5) is 0 Å². The molecule has 24 heteroatoms. The maximum atomic E-state index is 14.5. The average Bonchev–Trinajstić information content (AvgIpc) is 4.14. The zero-order valence-corrected chi connectivity index (χ0v) is 36.5. The van der Waals surface area contributed by atoms with E-state index >= 15 is 0 Å². The fourth-order valence-corrected chi connectivity index (χ4v) is 9.00. The van der Waals surface area contributed by atoms with E-state index in [2.05, 4.69) is 51.5 Å². The quantitative estimate of drug-likeness (QED) is 0.0355. The Kier molecular flexibility index (Phi) is 16.5. The molecule has 0 saturated carbocycles. The second kappa shape index (κ2) is 22.3. The minimum Gasteiger partial charge on any atom is -0.480 e. The highest BCUT2D eigenvalue weighted by Crippen LogP contribution is 2.27. The summed E-state index contributed by atoms with van der Waals surface area (Å²) < 4.78 is 0. The Bertz CT molecular complexity index is 2040. The highest BCUT2D eigenvalue weighted by Gasteiger charge is 2.45. The van der Waals surface area contributed by atoms with Crippen molar-refractivity contribution in [2.45, 2.75) is 132 Å². The summed E-state index contributed by atoms with van der Waals surface area (Å²) in [6, 6.07) is -7.87. The Hall–Kier alpha value is -6.59. The van der Waals surface area contributed by atoms with Crippen LogP contribution in [-0.2, 0) is 51.2 Å². The van der Waals surface area contributed by atoms with Gasteiger partial charge in [-0.25, -0.2) is 14.8 Å². The Morgan fingerprint density at radius 1 is 0.723 bits per heavy atom. The molecule has 2 aromatic rings. The topological polar surface area (TPSA) is 348 Å². The van der Waals surface area contributed by atoms with Crippen molar-refractivity contribution in [2.24, 2.45) is 16.5 Å². The van der Waals surface area contributed by atoms with Crippen LogP contribution in [0.25, 0.3) is 0 Å². The lowest BCUT2D eigenvalue weighted by atomic mass is 10.1. The largest absolute Gasteiger partial charge is 0.480 e. The van der Waals surface area contributed by atoms with Gasteiger partial charge in [-0.15, -0.1) is 0 Å². The number of likely N-dealkylation sites (tertiary alicyclic amines) is 3. The molecule has 65 heavy (non-hydrogen) atoms. The van der Waals surface area contributed by atoms with Crippen LogP contribution < -0.4 is 38.1 Å². The van der Waals surface area contributed by atoms with Crippen LogP contribution in [0.15, 0.2) is 30.0 Å².